The zero-order chi connectivity index (χ0) is 12.7. The predicted octanol–water partition coefficient (Wildman–Crippen LogP) is 2.54. The van der Waals surface area contributed by atoms with E-state index in [1.807, 2.05) is 6.07 Å². The van der Waals surface area contributed by atoms with Gasteiger partial charge in [0.25, 0.3) is 0 Å². The van der Waals surface area contributed by atoms with Crippen LogP contribution in [-0.2, 0) is 0 Å². The van der Waals surface area contributed by atoms with Crippen LogP contribution >= 0.6 is 0 Å². The lowest BCUT2D eigenvalue weighted by Crippen LogP contribution is -1.99. The lowest BCUT2D eigenvalue weighted by molar-refractivity contribution is 1.20. The minimum absolute atomic E-state index is 0.227. The van der Waals surface area contributed by atoms with Crippen LogP contribution in [0.5, 0.6) is 0 Å². The molecule has 3 rings (SSSR count). The van der Waals surface area contributed by atoms with Crippen LogP contribution in [-0.4, -0.2) is 15.0 Å². The van der Waals surface area contributed by atoms with Crippen LogP contribution in [0.2, 0.25) is 0 Å². The molecule has 18 heavy (non-hydrogen) atoms. The molecule has 90 valence electrons. The number of pyridine rings is 1. The zero-order valence-corrected chi connectivity index (χ0v) is 10.2. The second kappa shape index (κ2) is 3.84. The van der Waals surface area contributed by atoms with Crippen LogP contribution < -0.4 is 5.69 Å². The number of H-pyrrole nitrogens is 2. The predicted molar refractivity (Wildman–Crippen MR) is 71.6 cm³/mol. The molecule has 0 fully saturated rings. The van der Waals surface area contributed by atoms with Gasteiger partial charge in [0.15, 0.2) is 5.65 Å². The summed E-state index contributed by atoms with van der Waals surface area (Å²) in [6, 6.07) is 8.29. The maximum Gasteiger partial charge on any atom is 0.325 e. The second-order valence-corrected chi connectivity index (χ2v) is 4.58. The number of hydrogen-bond donors (Lipinski definition) is 2. The molecule has 0 radical (unpaired) electrons. The Morgan fingerprint density at radius 1 is 0.944 bits per heavy atom. The van der Waals surface area contributed by atoms with E-state index in [-0.39, 0.29) is 5.69 Å². The fraction of sp³-hybridized carbons (Fsp3) is 0.143. The van der Waals surface area contributed by atoms with Crippen LogP contribution in [0.1, 0.15) is 11.1 Å². The summed E-state index contributed by atoms with van der Waals surface area (Å²) < 4.78 is 0. The van der Waals surface area contributed by atoms with Gasteiger partial charge in [0.2, 0.25) is 0 Å². The number of aromatic nitrogens is 3. The van der Waals surface area contributed by atoms with Crippen LogP contribution in [0.4, 0.5) is 0 Å². The minimum atomic E-state index is -0.227. The first-order valence-corrected chi connectivity index (χ1v) is 5.78. The van der Waals surface area contributed by atoms with Crippen molar-refractivity contribution in [1.29, 1.82) is 0 Å². The first-order valence-electron chi connectivity index (χ1n) is 5.78. The molecule has 0 aliphatic heterocycles. The van der Waals surface area contributed by atoms with Crippen LogP contribution in [0, 0.1) is 13.8 Å². The highest BCUT2D eigenvalue weighted by atomic mass is 16.1. The quantitative estimate of drug-likeness (QED) is 0.685. The fourth-order valence-corrected chi connectivity index (χ4v) is 2.22. The highest BCUT2D eigenvalue weighted by Crippen LogP contribution is 2.23. The fourth-order valence-electron chi connectivity index (χ4n) is 2.22. The molecule has 0 atom stereocenters. The van der Waals surface area contributed by atoms with Crippen molar-refractivity contribution < 1.29 is 0 Å². The number of aromatic amines is 2. The number of nitrogens with zero attached hydrogens (tertiary/aromatic N) is 1. The summed E-state index contributed by atoms with van der Waals surface area (Å²) in [6.07, 6.45) is 1.78. The van der Waals surface area contributed by atoms with Gasteiger partial charge in [0, 0.05) is 11.8 Å². The average molecular weight is 239 g/mol. The molecule has 4 nitrogen and oxygen atoms in total. The van der Waals surface area contributed by atoms with Crippen molar-refractivity contribution in [2.24, 2.45) is 0 Å². The number of benzene rings is 1. The Bertz CT molecular complexity index is 763. The van der Waals surface area contributed by atoms with Crippen LogP contribution in [0.25, 0.3) is 22.3 Å². The SMILES string of the molecule is Cc1cc(C)cc(-c2cnc3[nH]c(=O)[nH]c3c2)c1. The van der Waals surface area contributed by atoms with Gasteiger partial charge in [0.1, 0.15) is 0 Å². The van der Waals surface area contributed by atoms with E-state index < -0.39 is 0 Å². The molecule has 2 N–H and O–H groups in total. The summed E-state index contributed by atoms with van der Waals surface area (Å²) >= 11 is 0. The molecule has 0 saturated heterocycles. The summed E-state index contributed by atoms with van der Waals surface area (Å²) in [5.74, 6) is 0. The lowest BCUT2D eigenvalue weighted by atomic mass is 10.0. The normalized spacial score (nSPS) is 11.0. The molecule has 2 heterocycles. The molecule has 0 unspecified atom stereocenters. The van der Waals surface area contributed by atoms with Crippen molar-refractivity contribution in [2.45, 2.75) is 13.8 Å². The first kappa shape index (κ1) is 10.8. The van der Waals surface area contributed by atoms with Gasteiger partial charge in [-0.3, -0.25) is 4.98 Å². The van der Waals surface area contributed by atoms with E-state index in [1.165, 1.54) is 11.1 Å². The smallest absolute Gasteiger partial charge is 0.304 e. The number of rotatable bonds is 1. The van der Waals surface area contributed by atoms with E-state index >= 15 is 0 Å². The third kappa shape index (κ3) is 1.82. The molecule has 2 aromatic heterocycles. The van der Waals surface area contributed by atoms with E-state index in [9.17, 15) is 4.79 Å². The van der Waals surface area contributed by atoms with Gasteiger partial charge in [-0.15, -0.1) is 0 Å². The average Bonchev–Trinajstić information content (AvgIpc) is 2.66. The molecule has 0 saturated carbocycles. The van der Waals surface area contributed by atoms with Crippen molar-refractivity contribution in [3.63, 3.8) is 0 Å². The van der Waals surface area contributed by atoms with E-state index in [2.05, 4.69) is 47.0 Å². The summed E-state index contributed by atoms with van der Waals surface area (Å²) in [5.41, 5.74) is 5.65. The van der Waals surface area contributed by atoms with E-state index in [0.717, 1.165) is 16.6 Å². The molecular formula is C14H13N3O. The van der Waals surface area contributed by atoms with E-state index in [1.54, 1.807) is 6.20 Å². The second-order valence-electron chi connectivity index (χ2n) is 4.58. The molecule has 0 aliphatic carbocycles. The van der Waals surface area contributed by atoms with E-state index in [0.29, 0.717) is 5.65 Å². The van der Waals surface area contributed by atoms with Crippen molar-refractivity contribution in [1.82, 2.24) is 15.0 Å². The van der Waals surface area contributed by atoms with E-state index in [4.69, 9.17) is 0 Å². The van der Waals surface area contributed by atoms with Crippen molar-refractivity contribution >= 4 is 11.2 Å². The van der Waals surface area contributed by atoms with Gasteiger partial charge in [0.05, 0.1) is 5.52 Å². The number of nitrogens with one attached hydrogen (secondary N) is 2. The van der Waals surface area contributed by atoms with Gasteiger partial charge >= 0.3 is 5.69 Å². The standard InChI is InChI=1S/C14H13N3O/c1-8-3-9(2)5-10(4-8)11-6-12-13(15-7-11)17-14(18)16-12/h3-7H,1-2H3,(H2,15,16,17,18). The molecule has 4 heteroatoms. The van der Waals surface area contributed by atoms with Crippen LogP contribution in [0.3, 0.4) is 0 Å². The molecule has 1 aromatic carbocycles. The van der Waals surface area contributed by atoms with Gasteiger partial charge in [-0.2, -0.15) is 0 Å². The van der Waals surface area contributed by atoms with Gasteiger partial charge < -0.3 is 4.98 Å². The molecule has 0 amide bonds. The Morgan fingerprint density at radius 3 is 2.39 bits per heavy atom. The third-order valence-electron chi connectivity index (χ3n) is 2.92. The van der Waals surface area contributed by atoms with Crippen molar-refractivity contribution in [3.05, 3.63) is 52.1 Å². The minimum Gasteiger partial charge on any atom is -0.304 e. The number of hydrogen-bond acceptors (Lipinski definition) is 2. The Kier molecular flexibility index (Phi) is 2.30. The topological polar surface area (TPSA) is 61.5 Å². The molecule has 0 bridgehead atoms. The largest absolute Gasteiger partial charge is 0.325 e. The summed E-state index contributed by atoms with van der Waals surface area (Å²) in [5, 5.41) is 0. The van der Waals surface area contributed by atoms with Crippen LogP contribution in [0.15, 0.2) is 35.3 Å². The molecule has 3 aromatic rings. The Labute approximate surface area is 104 Å². The maximum absolute atomic E-state index is 11.2. The Morgan fingerprint density at radius 2 is 1.67 bits per heavy atom. The summed E-state index contributed by atoms with van der Waals surface area (Å²) in [4.78, 5) is 20.8. The molecule has 0 spiro atoms. The number of fused-ring (bicyclic) bond motifs is 1. The monoisotopic (exact) mass is 239 g/mol. The van der Waals surface area contributed by atoms with Gasteiger partial charge in [-0.05, 0) is 25.5 Å². The number of imidazole rings is 1. The number of aryl methyl sites for hydroxylation is 2. The van der Waals surface area contributed by atoms with Crippen molar-refractivity contribution in [3.8, 4) is 11.1 Å². The maximum atomic E-state index is 11.2. The van der Waals surface area contributed by atoms with Gasteiger partial charge in [-0.25, -0.2) is 9.78 Å². The Balaban J connectivity index is 2.21. The highest BCUT2D eigenvalue weighted by Gasteiger charge is 2.04. The summed E-state index contributed by atoms with van der Waals surface area (Å²) in [6.45, 7) is 4.14. The highest BCUT2D eigenvalue weighted by molar-refractivity contribution is 5.77. The zero-order valence-electron chi connectivity index (χ0n) is 10.2. The van der Waals surface area contributed by atoms with Gasteiger partial charge in [-0.1, -0.05) is 29.3 Å². The first-order chi connectivity index (χ1) is 8.61. The summed E-state index contributed by atoms with van der Waals surface area (Å²) in [7, 11) is 0. The third-order valence-corrected chi connectivity index (χ3v) is 2.92. The molecular weight excluding hydrogens is 226 g/mol. The van der Waals surface area contributed by atoms with Crippen molar-refractivity contribution in [2.75, 3.05) is 0 Å². The molecule has 0 aliphatic rings. The lowest BCUT2D eigenvalue weighted by Gasteiger charge is -2.04. The Hall–Kier alpha value is -2.36.